The summed E-state index contributed by atoms with van der Waals surface area (Å²) in [6.45, 7) is -0.202. The number of primary amides is 1. The van der Waals surface area contributed by atoms with Crippen LogP contribution in [0, 0.1) is 10.1 Å². The Morgan fingerprint density at radius 3 is 2.61 bits per heavy atom. The lowest BCUT2D eigenvalue weighted by Crippen LogP contribution is -2.12. The van der Waals surface area contributed by atoms with Crippen molar-refractivity contribution in [2.75, 3.05) is 6.61 Å². The molecule has 3 N–H and O–H groups in total. The first kappa shape index (κ1) is 13.4. The smallest absolute Gasteiger partial charge is 0.311 e. The van der Waals surface area contributed by atoms with Crippen LogP contribution >= 0.6 is 0 Å². The van der Waals surface area contributed by atoms with Crippen LogP contribution in [-0.4, -0.2) is 28.5 Å². The molecule has 0 fully saturated rings. The first-order chi connectivity index (χ1) is 8.41. The second-order valence-corrected chi connectivity index (χ2v) is 3.30. The molecule has 1 aromatic rings. The lowest BCUT2D eigenvalue weighted by atomic mass is 10.2. The van der Waals surface area contributed by atoms with Gasteiger partial charge in [-0.25, -0.2) is 0 Å². The zero-order valence-corrected chi connectivity index (χ0v) is 9.16. The summed E-state index contributed by atoms with van der Waals surface area (Å²) < 4.78 is 4.97. The summed E-state index contributed by atoms with van der Waals surface area (Å²) in [4.78, 5) is 31.2. The normalized spacial score (nSPS) is 9.78. The molecule has 0 aliphatic carbocycles. The molecule has 0 radical (unpaired) electrons. The van der Waals surface area contributed by atoms with Gasteiger partial charge in [0.2, 0.25) is 5.91 Å². The van der Waals surface area contributed by atoms with Crippen molar-refractivity contribution in [2.24, 2.45) is 5.73 Å². The van der Waals surface area contributed by atoms with Gasteiger partial charge in [-0.1, -0.05) is 0 Å². The number of rotatable bonds is 6. The van der Waals surface area contributed by atoms with Crippen LogP contribution in [0.2, 0.25) is 0 Å². The Morgan fingerprint density at radius 2 is 2.11 bits per heavy atom. The Labute approximate surface area is 101 Å². The summed E-state index contributed by atoms with van der Waals surface area (Å²) in [5.41, 5.74) is 4.54. The SMILES string of the molecule is NC(=O)c1ccc(OCCC(=O)O)c([N+](=O)[O-])c1. The van der Waals surface area contributed by atoms with Gasteiger partial charge in [0.15, 0.2) is 5.75 Å². The lowest BCUT2D eigenvalue weighted by Gasteiger charge is -2.06. The number of nitrogens with two attached hydrogens (primary N) is 1. The second-order valence-electron chi connectivity index (χ2n) is 3.30. The standard InChI is InChI=1S/C10H10N2O6/c11-10(15)6-1-2-8(7(5-6)12(16)17)18-4-3-9(13)14/h1-2,5H,3-4H2,(H2,11,15)(H,13,14). The molecule has 0 heterocycles. The van der Waals surface area contributed by atoms with E-state index in [1.54, 1.807) is 0 Å². The number of carboxylic acid groups (broad SMARTS) is 1. The van der Waals surface area contributed by atoms with E-state index in [1.807, 2.05) is 0 Å². The van der Waals surface area contributed by atoms with Crippen molar-refractivity contribution < 1.29 is 24.4 Å². The molecule has 18 heavy (non-hydrogen) atoms. The first-order valence-electron chi connectivity index (χ1n) is 4.84. The molecule has 1 rings (SSSR count). The van der Waals surface area contributed by atoms with Gasteiger partial charge in [0, 0.05) is 11.6 Å². The largest absolute Gasteiger partial charge is 0.486 e. The van der Waals surface area contributed by atoms with Gasteiger partial charge < -0.3 is 15.6 Å². The molecule has 96 valence electrons. The van der Waals surface area contributed by atoms with Gasteiger partial charge in [0.1, 0.15) is 0 Å². The molecular formula is C10H10N2O6. The molecule has 0 bridgehead atoms. The number of ether oxygens (including phenoxy) is 1. The minimum Gasteiger partial charge on any atom is -0.486 e. The van der Waals surface area contributed by atoms with E-state index in [9.17, 15) is 19.7 Å². The van der Waals surface area contributed by atoms with Crippen molar-refractivity contribution in [3.05, 3.63) is 33.9 Å². The van der Waals surface area contributed by atoms with Crippen LogP contribution in [0.3, 0.4) is 0 Å². The quantitative estimate of drug-likeness (QED) is 0.562. The number of nitro benzene ring substituents is 1. The predicted molar refractivity (Wildman–Crippen MR) is 59.4 cm³/mol. The minimum atomic E-state index is -1.08. The van der Waals surface area contributed by atoms with E-state index in [-0.39, 0.29) is 24.3 Å². The van der Waals surface area contributed by atoms with E-state index in [4.69, 9.17) is 15.6 Å². The van der Waals surface area contributed by atoms with Crippen molar-refractivity contribution >= 4 is 17.6 Å². The molecule has 0 aliphatic rings. The van der Waals surface area contributed by atoms with Crippen molar-refractivity contribution in [1.29, 1.82) is 0 Å². The zero-order chi connectivity index (χ0) is 13.7. The molecule has 1 amide bonds. The number of benzene rings is 1. The lowest BCUT2D eigenvalue weighted by molar-refractivity contribution is -0.385. The van der Waals surface area contributed by atoms with Crippen molar-refractivity contribution in [2.45, 2.75) is 6.42 Å². The molecule has 8 heteroatoms. The highest BCUT2D eigenvalue weighted by Gasteiger charge is 2.17. The molecule has 0 saturated carbocycles. The highest BCUT2D eigenvalue weighted by Crippen LogP contribution is 2.27. The maximum Gasteiger partial charge on any atom is 0.311 e. The Morgan fingerprint density at radius 1 is 1.44 bits per heavy atom. The molecular weight excluding hydrogens is 244 g/mol. The fraction of sp³-hybridized carbons (Fsp3) is 0.200. The maximum atomic E-state index is 10.9. The first-order valence-corrected chi connectivity index (χ1v) is 4.84. The fourth-order valence-corrected chi connectivity index (χ4v) is 1.18. The van der Waals surface area contributed by atoms with Crippen molar-refractivity contribution in [1.82, 2.24) is 0 Å². The minimum absolute atomic E-state index is 0.0210. The van der Waals surface area contributed by atoms with Crippen LogP contribution in [0.1, 0.15) is 16.8 Å². The van der Waals surface area contributed by atoms with E-state index in [0.29, 0.717) is 0 Å². The molecule has 0 unspecified atom stereocenters. The maximum absolute atomic E-state index is 10.9. The summed E-state index contributed by atoms with van der Waals surface area (Å²) in [6.07, 6.45) is -0.283. The van der Waals surface area contributed by atoms with Gasteiger partial charge in [-0.3, -0.25) is 19.7 Å². The second kappa shape index (κ2) is 5.62. The number of nitrogens with zero attached hydrogens (tertiary/aromatic N) is 1. The summed E-state index contributed by atoms with van der Waals surface area (Å²) in [5.74, 6) is -1.98. The van der Waals surface area contributed by atoms with E-state index in [1.165, 1.54) is 12.1 Å². The Bertz CT molecular complexity index is 499. The van der Waals surface area contributed by atoms with E-state index in [2.05, 4.69) is 0 Å². The summed E-state index contributed by atoms with van der Waals surface area (Å²) in [6, 6.07) is 3.46. The Kier molecular flexibility index (Phi) is 4.19. The molecule has 1 aromatic carbocycles. The van der Waals surface area contributed by atoms with Crippen LogP contribution in [0.15, 0.2) is 18.2 Å². The molecule has 8 nitrogen and oxygen atoms in total. The number of aliphatic carboxylic acids is 1. The molecule has 0 aromatic heterocycles. The topological polar surface area (TPSA) is 133 Å². The zero-order valence-electron chi connectivity index (χ0n) is 9.16. The molecule has 0 atom stereocenters. The number of carbonyl (C=O) groups excluding carboxylic acids is 1. The van der Waals surface area contributed by atoms with Crippen molar-refractivity contribution in [3.63, 3.8) is 0 Å². The van der Waals surface area contributed by atoms with Gasteiger partial charge in [-0.2, -0.15) is 0 Å². The average molecular weight is 254 g/mol. The van der Waals surface area contributed by atoms with Crippen LogP contribution in [0.5, 0.6) is 5.75 Å². The average Bonchev–Trinajstić information content (AvgIpc) is 2.28. The fourth-order valence-electron chi connectivity index (χ4n) is 1.18. The summed E-state index contributed by atoms with van der Waals surface area (Å²) in [7, 11) is 0. The van der Waals surface area contributed by atoms with E-state index in [0.717, 1.165) is 6.07 Å². The number of hydrogen-bond acceptors (Lipinski definition) is 5. The monoisotopic (exact) mass is 254 g/mol. The molecule has 0 aliphatic heterocycles. The van der Waals surface area contributed by atoms with Crippen LogP contribution in [0.4, 0.5) is 5.69 Å². The third-order valence-corrected chi connectivity index (χ3v) is 2.01. The summed E-state index contributed by atoms with van der Waals surface area (Å²) in [5, 5.41) is 19.2. The number of hydrogen-bond donors (Lipinski definition) is 2. The van der Waals surface area contributed by atoms with E-state index >= 15 is 0 Å². The van der Waals surface area contributed by atoms with Gasteiger partial charge >= 0.3 is 11.7 Å². The van der Waals surface area contributed by atoms with Crippen molar-refractivity contribution in [3.8, 4) is 5.75 Å². The van der Waals surface area contributed by atoms with Gasteiger partial charge in [0.05, 0.1) is 18.0 Å². The van der Waals surface area contributed by atoms with E-state index < -0.39 is 22.5 Å². The third kappa shape index (κ3) is 3.44. The number of carboxylic acids is 1. The van der Waals surface area contributed by atoms with Gasteiger partial charge in [0.25, 0.3) is 0 Å². The molecule has 0 spiro atoms. The number of carbonyl (C=O) groups is 2. The summed E-state index contributed by atoms with van der Waals surface area (Å²) >= 11 is 0. The van der Waals surface area contributed by atoms with Crippen LogP contribution in [0.25, 0.3) is 0 Å². The third-order valence-electron chi connectivity index (χ3n) is 2.01. The highest BCUT2D eigenvalue weighted by atomic mass is 16.6. The number of nitro groups is 1. The number of amides is 1. The van der Waals surface area contributed by atoms with Crippen LogP contribution < -0.4 is 10.5 Å². The van der Waals surface area contributed by atoms with Crippen LogP contribution in [-0.2, 0) is 4.79 Å². The Hall–Kier alpha value is -2.64. The predicted octanol–water partition coefficient (Wildman–Crippen LogP) is 0.547. The Balaban J connectivity index is 2.93. The highest BCUT2D eigenvalue weighted by molar-refractivity contribution is 5.93. The van der Waals surface area contributed by atoms with Gasteiger partial charge in [-0.15, -0.1) is 0 Å². The van der Waals surface area contributed by atoms with Gasteiger partial charge in [-0.05, 0) is 12.1 Å². The molecule has 0 saturated heterocycles.